The Balaban J connectivity index is 1.26. The van der Waals surface area contributed by atoms with Crippen LogP contribution >= 0.6 is 0 Å². The highest BCUT2D eigenvalue weighted by atomic mass is 16.5. The quantitative estimate of drug-likeness (QED) is 0.621. The number of rotatable bonds is 8. The third-order valence-electron chi connectivity index (χ3n) is 5.90. The van der Waals surface area contributed by atoms with E-state index in [2.05, 4.69) is 15.5 Å². The lowest BCUT2D eigenvalue weighted by molar-refractivity contribution is -0.120. The molecule has 2 aliphatic rings. The Labute approximate surface area is 199 Å². The number of carbonyl (C=O) groups excluding carboxylic acids is 3. The molecule has 0 aromatic heterocycles. The molecule has 3 amide bonds. The van der Waals surface area contributed by atoms with Crippen molar-refractivity contribution in [1.82, 2.24) is 4.90 Å². The lowest BCUT2D eigenvalue weighted by Crippen LogP contribution is -2.36. The van der Waals surface area contributed by atoms with Crippen molar-refractivity contribution in [3.05, 3.63) is 48.5 Å². The van der Waals surface area contributed by atoms with E-state index in [1.165, 1.54) is 0 Å². The molecule has 4 rings (SSSR count). The van der Waals surface area contributed by atoms with Gasteiger partial charge in [0.2, 0.25) is 17.7 Å². The second-order valence-corrected chi connectivity index (χ2v) is 8.58. The summed E-state index contributed by atoms with van der Waals surface area (Å²) < 4.78 is 5.38. The number of benzene rings is 2. The minimum atomic E-state index is -0.246. The van der Waals surface area contributed by atoms with Crippen LogP contribution in [0, 0.1) is 0 Å². The predicted octanol–water partition coefficient (Wildman–Crippen LogP) is 2.16. The van der Waals surface area contributed by atoms with Crippen LogP contribution in [0.15, 0.2) is 48.5 Å². The van der Waals surface area contributed by atoms with Gasteiger partial charge in [0.25, 0.3) is 0 Å². The van der Waals surface area contributed by atoms with Gasteiger partial charge < -0.3 is 25.2 Å². The van der Waals surface area contributed by atoms with E-state index in [-0.39, 0.29) is 30.8 Å². The summed E-state index contributed by atoms with van der Waals surface area (Å²) in [6, 6.07) is 15.0. The van der Waals surface area contributed by atoms with Gasteiger partial charge in [0.1, 0.15) is 0 Å². The summed E-state index contributed by atoms with van der Waals surface area (Å²) in [5, 5.41) is 5.76. The molecule has 0 radical (unpaired) electrons. The minimum absolute atomic E-state index is 0.0473. The Hall–Kier alpha value is -3.43. The second kappa shape index (κ2) is 11.1. The zero-order chi connectivity index (χ0) is 23.9. The standard InChI is InChI=1S/C25H31N5O4/c1-28(17-23(31)26-19-8-10-20(11-9-19)29-13-15-34-16-14-29)18-24(32)27-21-5-2-3-6-22(21)30-12-4-7-25(30)33/h2-3,5-6,8-11H,4,7,12-18H2,1H3,(H,26,31)(H,27,32). The number of carbonyl (C=O) groups is 3. The van der Waals surface area contributed by atoms with Crippen molar-refractivity contribution >= 4 is 40.5 Å². The third kappa shape index (κ3) is 6.12. The zero-order valence-corrected chi connectivity index (χ0v) is 19.5. The van der Waals surface area contributed by atoms with E-state index in [1.54, 1.807) is 22.9 Å². The molecule has 2 N–H and O–H groups in total. The smallest absolute Gasteiger partial charge is 0.238 e. The molecule has 2 fully saturated rings. The SMILES string of the molecule is CN(CC(=O)Nc1ccc(N2CCOCC2)cc1)CC(=O)Nc1ccccc1N1CCCC1=O. The van der Waals surface area contributed by atoms with Gasteiger partial charge in [0.05, 0.1) is 37.7 Å². The molecule has 0 saturated carbocycles. The second-order valence-electron chi connectivity index (χ2n) is 8.58. The lowest BCUT2D eigenvalue weighted by atomic mass is 10.2. The number of para-hydroxylation sites is 2. The molecular formula is C25H31N5O4. The van der Waals surface area contributed by atoms with Crippen LogP contribution in [0.25, 0.3) is 0 Å². The van der Waals surface area contributed by atoms with E-state index in [4.69, 9.17) is 4.74 Å². The monoisotopic (exact) mass is 465 g/mol. The van der Waals surface area contributed by atoms with Gasteiger partial charge in [0, 0.05) is 37.4 Å². The van der Waals surface area contributed by atoms with Gasteiger partial charge in [-0.25, -0.2) is 0 Å². The number of likely N-dealkylation sites (N-methyl/N-ethyl adjacent to an activating group) is 1. The van der Waals surface area contributed by atoms with E-state index in [0.717, 1.165) is 38.4 Å². The minimum Gasteiger partial charge on any atom is -0.378 e. The molecule has 0 aliphatic carbocycles. The van der Waals surface area contributed by atoms with Gasteiger partial charge in [-0.1, -0.05) is 12.1 Å². The molecule has 0 unspecified atom stereocenters. The maximum atomic E-state index is 12.6. The number of hydrogen-bond acceptors (Lipinski definition) is 6. The zero-order valence-electron chi connectivity index (χ0n) is 19.5. The van der Waals surface area contributed by atoms with Gasteiger partial charge in [-0.15, -0.1) is 0 Å². The molecular weight excluding hydrogens is 434 g/mol. The Morgan fingerprint density at radius 1 is 0.941 bits per heavy atom. The van der Waals surface area contributed by atoms with E-state index >= 15 is 0 Å². The Morgan fingerprint density at radius 2 is 1.62 bits per heavy atom. The van der Waals surface area contributed by atoms with Crippen LogP contribution in [0.1, 0.15) is 12.8 Å². The van der Waals surface area contributed by atoms with Crippen LogP contribution in [-0.4, -0.2) is 75.6 Å². The largest absolute Gasteiger partial charge is 0.378 e. The third-order valence-corrected chi connectivity index (χ3v) is 5.90. The number of amides is 3. The average molecular weight is 466 g/mol. The molecule has 34 heavy (non-hydrogen) atoms. The first kappa shape index (κ1) is 23.7. The summed E-state index contributed by atoms with van der Waals surface area (Å²) >= 11 is 0. The molecule has 0 bridgehead atoms. The Morgan fingerprint density at radius 3 is 2.29 bits per heavy atom. The number of morpholine rings is 1. The first-order valence-electron chi connectivity index (χ1n) is 11.6. The number of anilines is 4. The average Bonchev–Trinajstić information content (AvgIpc) is 3.26. The summed E-state index contributed by atoms with van der Waals surface area (Å²) in [6.07, 6.45) is 1.34. The molecule has 9 nitrogen and oxygen atoms in total. The van der Waals surface area contributed by atoms with Crippen LogP contribution < -0.4 is 20.4 Å². The van der Waals surface area contributed by atoms with E-state index in [9.17, 15) is 14.4 Å². The molecule has 2 aliphatic heterocycles. The van der Waals surface area contributed by atoms with Gasteiger partial charge >= 0.3 is 0 Å². The Kier molecular flexibility index (Phi) is 7.76. The van der Waals surface area contributed by atoms with Crippen molar-refractivity contribution in [2.45, 2.75) is 12.8 Å². The van der Waals surface area contributed by atoms with Crippen molar-refractivity contribution in [3.63, 3.8) is 0 Å². The maximum absolute atomic E-state index is 12.6. The van der Waals surface area contributed by atoms with E-state index in [0.29, 0.717) is 30.0 Å². The van der Waals surface area contributed by atoms with Crippen LogP contribution in [-0.2, 0) is 19.1 Å². The summed E-state index contributed by atoms with van der Waals surface area (Å²) in [7, 11) is 1.72. The van der Waals surface area contributed by atoms with Crippen molar-refractivity contribution in [3.8, 4) is 0 Å². The molecule has 2 aromatic carbocycles. The highest BCUT2D eigenvalue weighted by Crippen LogP contribution is 2.29. The summed E-state index contributed by atoms with van der Waals surface area (Å²) in [4.78, 5) is 42.8. The fourth-order valence-electron chi connectivity index (χ4n) is 4.23. The fraction of sp³-hybridized carbons (Fsp3) is 0.400. The number of ether oxygens (including phenoxy) is 1. The first-order valence-corrected chi connectivity index (χ1v) is 11.6. The normalized spacial score (nSPS) is 16.1. The molecule has 0 atom stereocenters. The highest BCUT2D eigenvalue weighted by molar-refractivity contribution is 6.02. The molecule has 2 aromatic rings. The van der Waals surface area contributed by atoms with Gasteiger partial charge in [0.15, 0.2) is 0 Å². The molecule has 0 spiro atoms. The topological polar surface area (TPSA) is 94.2 Å². The van der Waals surface area contributed by atoms with Crippen molar-refractivity contribution in [2.24, 2.45) is 0 Å². The number of nitrogens with one attached hydrogen (secondary N) is 2. The first-order chi connectivity index (χ1) is 16.5. The summed E-state index contributed by atoms with van der Waals surface area (Å²) in [6.45, 7) is 3.94. The van der Waals surface area contributed by atoms with Crippen molar-refractivity contribution in [2.75, 3.05) is 73.4 Å². The Bertz CT molecular complexity index is 1020. The molecule has 2 heterocycles. The lowest BCUT2D eigenvalue weighted by Gasteiger charge is -2.28. The summed E-state index contributed by atoms with van der Waals surface area (Å²) in [5.74, 6) is -0.379. The molecule has 2 saturated heterocycles. The fourth-order valence-corrected chi connectivity index (χ4v) is 4.23. The molecule has 9 heteroatoms. The summed E-state index contributed by atoms with van der Waals surface area (Å²) in [5.41, 5.74) is 3.12. The van der Waals surface area contributed by atoms with Gasteiger partial charge in [-0.2, -0.15) is 0 Å². The van der Waals surface area contributed by atoms with Crippen LogP contribution in [0.5, 0.6) is 0 Å². The van der Waals surface area contributed by atoms with E-state index in [1.807, 2.05) is 42.5 Å². The van der Waals surface area contributed by atoms with Gasteiger partial charge in [-0.05, 0) is 49.9 Å². The van der Waals surface area contributed by atoms with Crippen LogP contribution in [0.4, 0.5) is 22.7 Å². The van der Waals surface area contributed by atoms with E-state index < -0.39 is 0 Å². The predicted molar refractivity (Wildman–Crippen MR) is 132 cm³/mol. The highest BCUT2D eigenvalue weighted by Gasteiger charge is 2.24. The van der Waals surface area contributed by atoms with Crippen molar-refractivity contribution < 1.29 is 19.1 Å². The number of hydrogen-bond donors (Lipinski definition) is 2. The van der Waals surface area contributed by atoms with Crippen LogP contribution in [0.2, 0.25) is 0 Å². The maximum Gasteiger partial charge on any atom is 0.238 e. The number of nitrogens with zero attached hydrogens (tertiary/aromatic N) is 3. The van der Waals surface area contributed by atoms with Crippen molar-refractivity contribution in [1.29, 1.82) is 0 Å². The van der Waals surface area contributed by atoms with Gasteiger partial charge in [-0.3, -0.25) is 19.3 Å². The molecule has 180 valence electrons. The van der Waals surface area contributed by atoms with Crippen LogP contribution in [0.3, 0.4) is 0 Å².